The Balaban J connectivity index is 2.48. The lowest BCUT2D eigenvalue weighted by atomic mass is 10.2. The van der Waals surface area contributed by atoms with Crippen molar-refractivity contribution in [3.63, 3.8) is 0 Å². The second-order valence-corrected chi connectivity index (χ2v) is 3.45. The Labute approximate surface area is 92.7 Å². The SMILES string of the molecule is O=C(NCCCCCl)c1c[nH]ccc1=O. The molecule has 5 heteroatoms. The van der Waals surface area contributed by atoms with Gasteiger partial charge in [-0.3, -0.25) is 9.59 Å². The number of nitrogens with one attached hydrogen (secondary N) is 2. The van der Waals surface area contributed by atoms with Crippen molar-refractivity contribution in [1.82, 2.24) is 10.3 Å². The second kappa shape index (κ2) is 6.24. The van der Waals surface area contributed by atoms with Crippen molar-refractivity contribution in [2.75, 3.05) is 12.4 Å². The number of H-pyrrole nitrogens is 1. The summed E-state index contributed by atoms with van der Waals surface area (Å²) >= 11 is 5.49. The number of pyridine rings is 1. The van der Waals surface area contributed by atoms with Crippen LogP contribution in [0.3, 0.4) is 0 Å². The average molecular weight is 229 g/mol. The van der Waals surface area contributed by atoms with Crippen LogP contribution in [-0.2, 0) is 0 Å². The maximum atomic E-state index is 11.5. The zero-order chi connectivity index (χ0) is 11.1. The van der Waals surface area contributed by atoms with Crippen LogP contribution in [0.2, 0.25) is 0 Å². The van der Waals surface area contributed by atoms with Crippen LogP contribution in [0.25, 0.3) is 0 Å². The molecule has 4 nitrogen and oxygen atoms in total. The summed E-state index contributed by atoms with van der Waals surface area (Å²) in [6.45, 7) is 0.542. The molecular weight excluding hydrogens is 216 g/mol. The van der Waals surface area contributed by atoms with E-state index in [-0.39, 0.29) is 16.9 Å². The van der Waals surface area contributed by atoms with Crippen LogP contribution in [-0.4, -0.2) is 23.3 Å². The summed E-state index contributed by atoms with van der Waals surface area (Å²) in [5.74, 6) is 0.244. The Morgan fingerprint density at radius 2 is 2.27 bits per heavy atom. The molecule has 1 heterocycles. The van der Waals surface area contributed by atoms with Crippen LogP contribution in [0, 0.1) is 0 Å². The highest BCUT2D eigenvalue weighted by Crippen LogP contribution is 1.92. The molecular formula is C10H13ClN2O2. The summed E-state index contributed by atoms with van der Waals surface area (Å²) in [4.78, 5) is 25.4. The van der Waals surface area contributed by atoms with Crippen molar-refractivity contribution in [3.8, 4) is 0 Å². The Bertz CT molecular complexity index is 376. The molecule has 0 atom stereocenters. The predicted molar refractivity (Wildman–Crippen MR) is 59.3 cm³/mol. The van der Waals surface area contributed by atoms with Gasteiger partial charge in [-0.25, -0.2) is 0 Å². The molecule has 82 valence electrons. The van der Waals surface area contributed by atoms with E-state index in [0.29, 0.717) is 12.4 Å². The van der Waals surface area contributed by atoms with Crippen molar-refractivity contribution < 1.29 is 4.79 Å². The molecule has 0 unspecified atom stereocenters. The minimum atomic E-state index is -0.341. The minimum absolute atomic E-state index is 0.142. The van der Waals surface area contributed by atoms with Gasteiger partial charge < -0.3 is 10.3 Å². The quantitative estimate of drug-likeness (QED) is 0.586. The molecule has 1 rings (SSSR count). The van der Waals surface area contributed by atoms with Gasteiger partial charge in [-0.2, -0.15) is 0 Å². The largest absolute Gasteiger partial charge is 0.367 e. The van der Waals surface area contributed by atoms with E-state index in [1.165, 1.54) is 18.5 Å². The predicted octanol–water partition coefficient (Wildman–Crippen LogP) is 1.12. The highest BCUT2D eigenvalue weighted by atomic mass is 35.5. The number of rotatable bonds is 5. The maximum Gasteiger partial charge on any atom is 0.256 e. The van der Waals surface area contributed by atoms with Gasteiger partial charge in [0.15, 0.2) is 5.43 Å². The lowest BCUT2D eigenvalue weighted by Crippen LogP contribution is -2.29. The van der Waals surface area contributed by atoms with E-state index < -0.39 is 0 Å². The summed E-state index contributed by atoms with van der Waals surface area (Å²) in [5, 5.41) is 2.66. The molecule has 0 radical (unpaired) electrons. The van der Waals surface area contributed by atoms with Gasteiger partial charge >= 0.3 is 0 Å². The summed E-state index contributed by atoms with van der Waals surface area (Å²) in [7, 11) is 0. The third-order valence-corrected chi connectivity index (χ3v) is 2.18. The van der Waals surface area contributed by atoms with Crippen LogP contribution < -0.4 is 10.7 Å². The van der Waals surface area contributed by atoms with Crippen LogP contribution in [0.5, 0.6) is 0 Å². The summed E-state index contributed by atoms with van der Waals surface area (Å²) in [6.07, 6.45) is 4.57. The van der Waals surface area contributed by atoms with Crippen molar-refractivity contribution in [1.29, 1.82) is 0 Å². The van der Waals surface area contributed by atoms with E-state index in [4.69, 9.17) is 11.6 Å². The number of halogens is 1. The first-order chi connectivity index (χ1) is 7.25. The van der Waals surface area contributed by atoms with E-state index in [9.17, 15) is 9.59 Å². The second-order valence-electron chi connectivity index (χ2n) is 3.07. The van der Waals surface area contributed by atoms with Gasteiger partial charge in [0.1, 0.15) is 5.56 Å². The van der Waals surface area contributed by atoms with E-state index in [1.54, 1.807) is 0 Å². The van der Waals surface area contributed by atoms with Crippen LogP contribution in [0.4, 0.5) is 0 Å². The van der Waals surface area contributed by atoms with E-state index in [0.717, 1.165) is 12.8 Å². The smallest absolute Gasteiger partial charge is 0.256 e. The van der Waals surface area contributed by atoms with Crippen molar-refractivity contribution >= 4 is 17.5 Å². The Kier molecular flexibility index (Phi) is 4.90. The van der Waals surface area contributed by atoms with E-state index in [2.05, 4.69) is 10.3 Å². The van der Waals surface area contributed by atoms with Crippen molar-refractivity contribution in [2.24, 2.45) is 0 Å². The highest BCUT2D eigenvalue weighted by molar-refractivity contribution is 6.17. The molecule has 1 aromatic heterocycles. The maximum absolute atomic E-state index is 11.5. The molecule has 0 aliphatic heterocycles. The molecule has 0 spiro atoms. The number of carbonyl (C=O) groups is 1. The first kappa shape index (κ1) is 11.8. The zero-order valence-electron chi connectivity index (χ0n) is 8.25. The standard InChI is InChI=1S/C10H13ClN2O2/c11-4-1-2-5-13-10(15)8-7-12-6-3-9(8)14/h3,6-7H,1-2,4-5H2,(H,12,14)(H,13,15). The normalized spacial score (nSPS) is 9.93. The molecule has 0 aromatic carbocycles. The fourth-order valence-electron chi connectivity index (χ4n) is 1.11. The Hall–Kier alpha value is -1.29. The molecule has 0 aliphatic rings. The van der Waals surface area contributed by atoms with Crippen LogP contribution in [0.1, 0.15) is 23.2 Å². The third-order valence-electron chi connectivity index (χ3n) is 1.91. The van der Waals surface area contributed by atoms with E-state index in [1.807, 2.05) is 0 Å². The molecule has 1 amide bonds. The lowest BCUT2D eigenvalue weighted by Gasteiger charge is -2.02. The number of aromatic nitrogens is 1. The monoisotopic (exact) mass is 228 g/mol. The molecule has 1 aromatic rings. The third kappa shape index (κ3) is 3.75. The number of alkyl halides is 1. The van der Waals surface area contributed by atoms with Gasteiger partial charge in [0.05, 0.1) is 0 Å². The molecule has 0 saturated heterocycles. The molecule has 2 N–H and O–H groups in total. The lowest BCUT2D eigenvalue weighted by molar-refractivity contribution is 0.0952. The summed E-state index contributed by atoms with van der Waals surface area (Å²) in [5.41, 5.74) is -0.132. The zero-order valence-corrected chi connectivity index (χ0v) is 9.01. The van der Waals surface area contributed by atoms with Gasteiger partial charge in [0.25, 0.3) is 5.91 Å². The minimum Gasteiger partial charge on any atom is -0.367 e. The number of unbranched alkanes of at least 4 members (excludes halogenated alkanes) is 1. The van der Waals surface area contributed by atoms with Gasteiger partial charge in [-0.05, 0) is 12.8 Å². The fourth-order valence-corrected chi connectivity index (χ4v) is 1.30. The molecule has 0 saturated carbocycles. The van der Waals surface area contributed by atoms with Gasteiger partial charge in [0.2, 0.25) is 0 Å². The number of carbonyl (C=O) groups excluding carboxylic acids is 1. The number of hydrogen-bond donors (Lipinski definition) is 2. The number of hydrogen-bond acceptors (Lipinski definition) is 2. The van der Waals surface area contributed by atoms with Crippen LogP contribution in [0.15, 0.2) is 23.3 Å². The van der Waals surface area contributed by atoms with Crippen molar-refractivity contribution in [3.05, 3.63) is 34.2 Å². The number of amides is 1. The molecule has 0 aliphatic carbocycles. The average Bonchev–Trinajstić information content (AvgIpc) is 2.25. The van der Waals surface area contributed by atoms with Crippen molar-refractivity contribution in [2.45, 2.75) is 12.8 Å². The topological polar surface area (TPSA) is 62.0 Å². The first-order valence-corrected chi connectivity index (χ1v) is 5.30. The van der Waals surface area contributed by atoms with Gasteiger partial charge in [0, 0.05) is 30.9 Å². The van der Waals surface area contributed by atoms with Crippen LogP contribution >= 0.6 is 11.6 Å². The fraction of sp³-hybridized carbons (Fsp3) is 0.400. The number of aromatic amines is 1. The Morgan fingerprint density at radius 1 is 1.47 bits per heavy atom. The molecule has 0 fully saturated rings. The van der Waals surface area contributed by atoms with Gasteiger partial charge in [-0.15, -0.1) is 11.6 Å². The molecule has 0 bridgehead atoms. The Morgan fingerprint density at radius 3 is 2.93 bits per heavy atom. The van der Waals surface area contributed by atoms with Gasteiger partial charge in [-0.1, -0.05) is 0 Å². The molecule has 15 heavy (non-hydrogen) atoms. The summed E-state index contributed by atoms with van der Waals surface area (Å²) < 4.78 is 0. The van der Waals surface area contributed by atoms with E-state index >= 15 is 0 Å². The highest BCUT2D eigenvalue weighted by Gasteiger charge is 2.07. The first-order valence-electron chi connectivity index (χ1n) is 4.77. The summed E-state index contributed by atoms with van der Waals surface area (Å²) in [6, 6.07) is 1.33.